The average molecular weight is 325 g/mol. The Bertz CT molecular complexity index is 1070. The molecule has 0 fully saturated rings. The first kappa shape index (κ1) is 13.8. The van der Waals surface area contributed by atoms with Gasteiger partial charge in [-0.05, 0) is 29.8 Å². The third kappa shape index (κ3) is 2.55. The van der Waals surface area contributed by atoms with Crippen LogP contribution < -0.4 is 5.63 Å². The van der Waals surface area contributed by atoms with E-state index in [1.807, 2.05) is 28.8 Å². The number of aromatic nitrogens is 3. The fraction of sp³-hybridized carbons (Fsp3) is 0.0625. The van der Waals surface area contributed by atoms with Crippen LogP contribution >= 0.6 is 11.8 Å². The third-order valence-corrected chi connectivity index (χ3v) is 4.44. The van der Waals surface area contributed by atoms with Crippen molar-refractivity contribution in [3.63, 3.8) is 0 Å². The highest BCUT2D eigenvalue weighted by molar-refractivity contribution is 7.98. The van der Waals surface area contributed by atoms with Gasteiger partial charge in [-0.1, -0.05) is 17.8 Å². The van der Waals surface area contributed by atoms with Crippen LogP contribution in [0.4, 0.5) is 0 Å². The van der Waals surface area contributed by atoms with Gasteiger partial charge in [0.25, 0.3) is 0 Å². The highest BCUT2D eigenvalue weighted by Crippen LogP contribution is 2.27. The summed E-state index contributed by atoms with van der Waals surface area (Å²) >= 11 is 1.48. The molecular formula is C16H11N3O3S. The minimum atomic E-state index is -0.440. The van der Waals surface area contributed by atoms with Crippen LogP contribution in [0.3, 0.4) is 0 Å². The van der Waals surface area contributed by atoms with E-state index in [0.717, 1.165) is 21.8 Å². The van der Waals surface area contributed by atoms with E-state index in [1.165, 1.54) is 23.9 Å². The maximum atomic E-state index is 11.7. The molecule has 0 aliphatic carbocycles. The predicted octanol–water partition coefficient (Wildman–Crippen LogP) is 2.83. The number of aromatic hydroxyl groups is 1. The number of phenols is 1. The van der Waals surface area contributed by atoms with Crippen molar-refractivity contribution in [1.29, 1.82) is 0 Å². The van der Waals surface area contributed by atoms with Crippen molar-refractivity contribution in [3.05, 3.63) is 64.6 Å². The molecule has 0 spiro atoms. The van der Waals surface area contributed by atoms with Gasteiger partial charge in [-0.25, -0.2) is 4.79 Å². The number of hydrogen-bond acceptors (Lipinski definition) is 6. The summed E-state index contributed by atoms with van der Waals surface area (Å²) < 4.78 is 7.03. The molecule has 6 nitrogen and oxygen atoms in total. The molecule has 0 saturated carbocycles. The maximum absolute atomic E-state index is 11.7. The molecule has 0 atom stereocenters. The van der Waals surface area contributed by atoms with Crippen LogP contribution in [0, 0.1) is 0 Å². The second-order valence-electron chi connectivity index (χ2n) is 4.97. The zero-order valence-electron chi connectivity index (χ0n) is 11.8. The molecule has 0 saturated heterocycles. The van der Waals surface area contributed by atoms with Crippen molar-refractivity contribution in [2.45, 2.75) is 10.9 Å². The second-order valence-corrected chi connectivity index (χ2v) is 5.91. The molecule has 0 aliphatic rings. The lowest BCUT2D eigenvalue weighted by molar-refractivity contribution is 0.473. The summed E-state index contributed by atoms with van der Waals surface area (Å²) in [5.41, 5.74) is 1.54. The normalized spacial score (nSPS) is 11.3. The van der Waals surface area contributed by atoms with Crippen LogP contribution in [0.2, 0.25) is 0 Å². The van der Waals surface area contributed by atoms with Crippen LogP contribution in [0.15, 0.2) is 63.0 Å². The quantitative estimate of drug-likeness (QED) is 0.461. The summed E-state index contributed by atoms with van der Waals surface area (Å²) in [5, 5.41) is 19.3. The van der Waals surface area contributed by atoms with E-state index in [2.05, 4.69) is 10.2 Å². The average Bonchev–Trinajstić information content (AvgIpc) is 2.95. The van der Waals surface area contributed by atoms with E-state index in [9.17, 15) is 9.90 Å². The Morgan fingerprint density at radius 2 is 2.09 bits per heavy atom. The smallest absolute Gasteiger partial charge is 0.336 e. The summed E-state index contributed by atoms with van der Waals surface area (Å²) in [4.78, 5) is 11.7. The number of nitrogens with zero attached hydrogens (tertiary/aromatic N) is 3. The van der Waals surface area contributed by atoms with Gasteiger partial charge in [0.05, 0.1) is 0 Å². The van der Waals surface area contributed by atoms with Crippen LogP contribution in [-0.2, 0) is 5.75 Å². The van der Waals surface area contributed by atoms with E-state index >= 15 is 0 Å². The van der Waals surface area contributed by atoms with Crippen molar-refractivity contribution in [3.8, 4) is 5.75 Å². The van der Waals surface area contributed by atoms with E-state index < -0.39 is 5.63 Å². The number of fused-ring (bicyclic) bond motifs is 2. The zero-order chi connectivity index (χ0) is 15.8. The second kappa shape index (κ2) is 5.44. The van der Waals surface area contributed by atoms with Gasteiger partial charge in [-0.2, -0.15) is 0 Å². The van der Waals surface area contributed by atoms with E-state index in [-0.39, 0.29) is 5.75 Å². The van der Waals surface area contributed by atoms with E-state index in [4.69, 9.17) is 4.42 Å². The fourth-order valence-electron chi connectivity index (χ4n) is 2.40. The number of pyridine rings is 1. The zero-order valence-corrected chi connectivity index (χ0v) is 12.7. The standard InChI is InChI=1S/C16H11N3O3S/c20-11-4-5-12-10(7-15(21)22-13(12)8-11)9-23-16-18-17-14-3-1-2-6-19(14)16/h1-8,20H,9H2. The Balaban J connectivity index is 1.71. The van der Waals surface area contributed by atoms with E-state index in [1.54, 1.807) is 12.1 Å². The fourth-order valence-corrected chi connectivity index (χ4v) is 3.31. The number of benzene rings is 1. The molecule has 0 radical (unpaired) electrons. The monoisotopic (exact) mass is 325 g/mol. The molecule has 4 rings (SSSR count). The lowest BCUT2D eigenvalue weighted by Crippen LogP contribution is -2.00. The largest absolute Gasteiger partial charge is 0.508 e. The van der Waals surface area contributed by atoms with Gasteiger partial charge in [0.2, 0.25) is 0 Å². The van der Waals surface area contributed by atoms with Gasteiger partial charge in [-0.15, -0.1) is 10.2 Å². The van der Waals surface area contributed by atoms with Crippen molar-refractivity contribution in [2.75, 3.05) is 0 Å². The lowest BCUT2D eigenvalue weighted by atomic mass is 10.1. The number of rotatable bonds is 3. The molecule has 7 heteroatoms. The predicted molar refractivity (Wildman–Crippen MR) is 86.7 cm³/mol. The Morgan fingerprint density at radius 1 is 1.17 bits per heavy atom. The molecule has 114 valence electrons. The minimum Gasteiger partial charge on any atom is -0.508 e. The lowest BCUT2D eigenvalue weighted by Gasteiger charge is -2.05. The molecule has 0 amide bonds. The van der Waals surface area contributed by atoms with Gasteiger partial charge in [0.1, 0.15) is 11.3 Å². The van der Waals surface area contributed by atoms with Crippen molar-refractivity contribution in [1.82, 2.24) is 14.6 Å². The summed E-state index contributed by atoms with van der Waals surface area (Å²) in [6.45, 7) is 0. The van der Waals surface area contributed by atoms with Crippen molar-refractivity contribution < 1.29 is 9.52 Å². The highest BCUT2D eigenvalue weighted by atomic mass is 32.2. The first-order valence-corrected chi connectivity index (χ1v) is 7.87. The molecular weight excluding hydrogens is 314 g/mol. The molecule has 1 N–H and O–H groups in total. The third-order valence-electron chi connectivity index (χ3n) is 3.45. The molecule has 0 aliphatic heterocycles. The van der Waals surface area contributed by atoms with Crippen LogP contribution in [0.1, 0.15) is 5.56 Å². The molecule has 3 aromatic heterocycles. The Hall–Kier alpha value is -2.80. The highest BCUT2D eigenvalue weighted by Gasteiger charge is 2.10. The Labute approximate surface area is 134 Å². The van der Waals surface area contributed by atoms with Crippen molar-refractivity contribution in [2.24, 2.45) is 0 Å². The maximum Gasteiger partial charge on any atom is 0.336 e. The minimum absolute atomic E-state index is 0.0638. The van der Waals surface area contributed by atoms with Crippen LogP contribution in [-0.4, -0.2) is 19.7 Å². The Kier molecular flexibility index (Phi) is 3.27. The Morgan fingerprint density at radius 3 is 3.00 bits per heavy atom. The first-order chi connectivity index (χ1) is 11.2. The number of hydrogen-bond donors (Lipinski definition) is 1. The van der Waals surface area contributed by atoms with Crippen molar-refractivity contribution >= 4 is 28.4 Å². The molecule has 0 unspecified atom stereocenters. The van der Waals surface area contributed by atoms with Gasteiger partial charge in [-0.3, -0.25) is 4.40 Å². The van der Waals surface area contributed by atoms with E-state index in [0.29, 0.717) is 11.3 Å². The molecule has 4 aromatic rings. The molecule has 3 heterocycles. The summed E-state index contributed by atoms with van der Waals surface area (Å²) in [6.07, 6.45) is 1.90. The summed E-state index contributed by atoms with van der Waals surface area (Å²) in [7, 11) is 0. The van der Waals surface area contributed by atoms with Gasteiger partial charge in [0.15, 0.2) is 10.8 Å². The molecule has 23 heavy (non-hydrogen) atoms. The number of phenolic OH excluding ortho intramolecular Hbond substituents is 1. The topological polar surface area (TPSA) is 80.6 Å². The van der Waals surface area contributed by atoms with Gasteiger partial charge < -0.3 is 9.52 Å². The van der Waals surface area contributed by atoms with Crippen LogP contribution in [0.5, 0.6) is 5.75 Å². The molecule has 0 bridgehead atoms. The summed E-state index contributed by atoms with van der Waals surface area (Å²) in [5.74, 6) is 0.608. The van der Waals surface area contributed by atoms with Crippen LogP contribution in [0.25, 0.3) is 16.6 Å². The molecule has 1 aromatic carbocycles. The van der Waals surface area contributed by atoms with Gasteiger partial charge >= 0.3 is 5.63 Å². The van der Waals surface area contributed by atoms with Gasteiger partial charge in [0, 0.05) is 29.5 Å². The first-order valence-electron chi connectivity index (χ1n) is 6.89. The summed E-state index contributed by atoms with van der Waals surface area (Å²) in [6, 6.07) is 11.9. The SMILES string of the molecule is O=c1cc(CSc2nnc3ccccn23)c2ccc(O)cc2o1. The number of thioether (sulfide) groups is 1.